The highest BCUT2D eigenvalue weighted by Crippen LogP contribution is 2.35. The second-order valence-electron chi connectivity index (χ2n) is 6.20. The number of carboxylic acids is 1. The molecule has 0 aromatic heterocycles. The summed E-state index contributed by atoms with van der Waals surface area (Å²) in [6, 6.07) is 5.80. The molecule has 2 rings (SSSR count). The molecule has 0 spiro atoms. The van der Waals surface area contributed by atoms with Gasteiger partial charge in [-0.25, -0.2) is 0 Å². The number of likely N-dealkylation sites (tertiary alicyclic amines) is 1. The van der Waals surface area contributed by atoms with E-state index >= 15 is 0 Å². The van der Waals surface area contributed by atoms with Crippen molar-refractivity contribution < 1.29 is 19.4 Å². The van der Waals surface area contributed by atoms with Gasteiger partial charge in [0.1, 0.15) is 0 Å². The predicted octanol–water partition coefficient (Wildman–Crippen LogP) is 2.49. The van der Waals surface area contributed by atoms with Gasteiger partial charge in [-0.3, -0.25) is 9.69 Å². The first-order valence-corrected chi connectivity index (χ1v) is 7.63. The van der Waals surface area contributed by atoms with Gasteiger partial charge < -0.3 is 14.6 Å². The zero-order valence-corrected chi connectivity index (χ0v) is 13.7. The Labute approximate surface area is 131 Å². The molecule has 0 aliphatic carbocycles. The standard InChI is InChI=1S/C17H25NO4/c1-11(2)13-9-18(10-14(13)17(19)20)8-12-6-5-7-15(21-3)16(12)22-4/h5-7,11,13-14H,8-10H2,1-4H3,(H,19,20)/t13-,14+/m0/s1. The molecule has 1 aliphatic heterocycles. The summed E-state index contributed by atoms with van der Waals surface area (Å²) in [5, 5.41) is 9.43. The van der Waals surface area contributed by atoms with Crippen LogP contribution in [0.15, 0.2) is 18.2 Å². The van der Waals surface area contributed by atoms with Gasteiger partial charge in [0, 0.05) is 25.2 Å². The molecule has 1 aromatic carbocycles. The second kappa shape index (κ2) is 7.01. The summed E-state index contributed by atoms with van der Waals surface area (Å²) in [7, 11) is 3.25. The molecule has 2 atom stereocenters. The summed E-state index contributed by atoms with van der Waals surface area (Å²) in [4.78, 5) is 13.7. The van der Waals surface area contributed by atoms with E-state index in [0.717, 1.165) is 17.9 Å². The van der Waals surface area contributed by atoms with E-state index < -0.39 is 5.97 Å². The Morgan fingerprint density at radius 2 is 2.05 bits per heavy atom. The number of nitrogens with zero attached hydrogens (tertiary/aromatic N) is 1. The fourth-order valence-electron chi connectivity index (χ4n) is 3.30. The Balaban J connectivity index is 2.17. The number of benzene rings is 1. The summed E-state index contributed by atoms with van der Waals surface area (Å²) < 4.78 is 10.8. The molecule has 0 bridgehead atoms. The van der Waals surface area contributed by atoms with E-state index in [4.69, 9.17) is 9.47 Å². The lowest BCUT2D eigenvalue weighted by Crippen LogP contribution is -2.25. The van der Waals surface area contributed by atoms with E-state index in [1.165, 1.54) is 0 Å². The van der Waals surface area contributed by atoms with Crippen LogP contribution in [0.1, 0.15) is 19.4 Å². The third kappa shape index (κ3) is 3.35. The third-order valence-corrected chi connectivity index (χ3v) is 4.49. The second-order valence-corrected chi connectivity index (χ2v) is 6.20. The van der Waals surface area contributed by atoms with Crippen molar-refractivity contribution in [2.75, 3.05) is 27.3 Å². The van der Waals surface area contributed by atoms with Crippen LogP contribution in [0.5, 0.6) is 11.5 Å². The molecule has 22 heavy (non-hydrogen) atoms. The number of hydrogen-bond acceptors (Lipinski definition) is 4. The Hall–Kier alpha value is -1.75. The first kappa shape index (κ1) is 16.6. The monoisotopic (exact) mass is 307 g/mol. The van der Waals surface area contributed by atoms with Crippen molar-refractivity contribution in [2.45, 2.75) is 20.4 Å². The number of rotatable bonds is 6. The molecule has 1 N–H and O–H groups in total. The largest absolute Gasteiger partial charge is 0.493 e. The molecule has 5 heteroatoms. The fourth-order valence-corrected chi connectivity index (χ4v) is 3.30. The molecule has 1 aliphatic rings. The van der Waals surface area contributed by atoms with Crippen LogP contribution in [0.25, 0.3) is 0 Å². The van der Waals surface area contributed by atoms with Gasteiger partial charge in [-0.05, 0) is 17.9 Å². The van der Waals surface area contributed by atoms with Crippen molar-refractivity contribution in [3.05, 3.63) is 23.8 Å². The molecule has 0 saturated carbocycles. The summed E-state index contributed by atoms with van der Waals surface area (Å²) >= 11 is 0. The molecule has 1 aromatic rings. The van der Waals surface area contributed by atoms with Crippen LogP contribution in [-0.2, 0) is 11.3 Å². The van der Waals surface area contributed by atoms with Gasteiger partial charge in [-0.15, -0.1) is 0 Å². The molecule has 1 saturated heterocycles. The zero-order chi connectivity index (χ0) is 16.3. The maximum absolute atomic E-state index is 11.5. The van der Waals surface area contributed by atoms with Crippen LogP contribution in [0.4, 0.5) is 0 Å². The predicted molar refractivity (Wildman–Crippen MR) is 84.3 cm³/mol. The van der Waals surface area contributed by atoms with E-state index in [1.54, 1.807) is 14.2 Å². The SMILES string of the molecule is COc1cccc(CN2C[C@@H](C(=O)O)[C@H](C(C)C)C2)c1OC. The van der Waals surface area contributed by atoms with Gasteiger partial charge in [0.15, 0.2) is 11.5 Å². The smallest absolute Gasteiger partial charge is 0.308 e. The van der Waals surface area contributed by atoms with Gasteiger partial charge >= 0.3 is 5.97 Å². The summed E-state index contributed by atoms with van der Waals surface area (Å²) in [5.74, 6) is 0.988. The van der Waals surface area contributed by atoms with Gasteiger partial charge in [-0.2, -0.15) is 0 Å². The van der Waals surface area contributed by atoms with Crippen LogP contribution >= 0.6 is 0 Å². The lowest BCUT2D eigenvalue weighted by atomic mass is 9.86. The molecule has 0 unspecified atom stereocenters. The number of carboxylic acid groups (broad SMARTS) is 1. The first-order valence-electron chi connectivity index (χ1n) is 7.63. The zero-order valence-electron chi connectivity index (χ0n) is 13.7. The van der Waals surface area contributed by atoms with E-state index in [-0.39, 0.29) is 11.8 Å². The van der Waals surface area contributed by atoms with E-state index in [2.05, 4.69) is 18.7 Å². The van der Waals surface area contributed by atoms with Crippen LogP contribution in [-0.4, -0.2) is 43.3 Å². The minimum atomic E-state index is -0.696. The van der Waals surface area contributed by atoms with Crippen molar-refractivity contribution in [1.29, 1.82) is 0 Å². The quantitative estimate of drug-likeness (QED) is 0.875. The minimum absolute atomic E-state index is 0.189. The van der Waals surface area contributed by atoms with Crippen molar-refractivity contribution >= 4 is 5.97 Å². The molecule has 0 radical (unpaired) electrons. The normalized spacial score (nSPS) is 22.0. The molecule has 0 amide bonds. The number of para-hydroxylation sites is 1. The number of aliphatic carboxylic acids is 1. The van der Waals surface area contributed by atoms with E-state index in [0.29, 0.717) is 24.8 Å². The number of carbonyl (C=O) groups is 1. The average Bonchev–Trinajstić information content (AvgIpc) is 2.91. The summed E-state index contributed by atoms with van der Waals surface area (Å²) in [6.45, 7) is 6.24. The van der Waals surface area contributed by atoms with E-state index in [1.807, 2.05) is 18.2 Å². The van der Waals surface area contributed by atoms with Crippen LogP contribution in [0.3, 0.4) is 0 Å². The Morgan fingerprint density at radius 1 is 1.32 bits per heavy atom. The Bertz CT molecular complexity index is 529. The lowest BCUT2D eigenvalue weighted by Gasteiger charge is -2.20. The molecular formula is C17H25NO4. The summed E-state index contributed by atoms with van der Waals surface area (Å²) in [5.41, 5.74) is 1.02. The Kier molecular flexibility index (Phi) is 5.29. The van der Waals surface area contributed by atoms with Crippen molar-refractivity contribution in [2.24, 2.45) is 17.8 Å². The topological polar surface area (TPSA) is 59.0 Å². The highest BCUT2D eigenvalue weighted by molar-refractivity contribution is 5.71. The van der Waals surface area contributed by atoms with Gasteiger partial charge in [-0.1, -0.05) is 26.0 Å². The van der Waals surface area contributed by atoms with Gasteiger partial charge in [0.05, 0.1) is 20.1 Å². The fraction of sp³-hybridized carbons (Fsp3) is 0.588. The Morgan fingerprint density at radius 3 is 2.55 bits per heavy atom. The molecular weight excluding hydrogens is 282 g/mol. The average molecular weight is 307 g/mol. The summed E-state index contributed by atoms with van der Waals surface area (Å²) in [6.07, 6.45) is 0. The lowest BCUT2D eigenvalue weighted by molar-refractivity contribution is -0.143. The maximum atomic E-state index is 11.5. The maximum Gasteiger partial charge on any atom is 0.308 e. The van der Waals surface area contributed by atoms with Crippen LogP contribution in [0, 0.1) is 17.8 Å². The molecule has 1 heterocycles. The van der Waals surface area contributed by atoms with Gasteiger partial charge in [0.2, 0.25) is 0 Å². The first-order chi connectivity index (χ1) is 10.5. The molecule has 5 nitrogen and oxygen atoms in total. The van der Waals surface area contributed by atoms with Crippen molar-refractivity contribution in [1.82, 2.24) is 4.90 Å². The third-order valence-electron chi connectivity index (χ3n) is 4.49. The molecule has 122 valence electrons. The highest BCUT2D eigenvalue weighted by Gasteiger charge is 2.39. The van der Waals surface area contributed by atoms with Crippen molar-refractivity contribution in [3.63, 3.8) is 0 Å². The minimum Gasteiger partial charge on any atom is -0.493 e. The number of ether oxygens (including phenoxy) is 2. The van der Waals surface area contributed by atoms with E-state index in [9.17, 15) is 9.90 Å². The van der Waals surface area contributed by atoms with Gasteiger partial charge in [0.25, 0.3) is 0 Å². The van der Waals surface area contributed by atoms with Crippen molar-refractivity contribution in [3.8, 4) is 11.5 Å². The highest BCUT2D eigenvalue weighted by atomic mass is 16.5. The number of hydrogen-bond donors (Lipinski definition) is 1. The molecule has 1 fully saturated rings. The van der Waals surface area contributed by atoms with Crippen LogP contribution in [0.2, 0.25) is 0 Å². The van der Waals surface area contributed by atoms with Crippen LogP contribution < -0.4 is 9.47 Å². The number of methoxy groups -OCH3 is 2.